The summed E-state index contributed by atoms with van der Waals surface area (Å²) in [5.74, 6) is 0.485. The molecule has 0 spiro atoms. The van der Waals surface area contributed by atoms with Crippen LogP contribution >= 0.6 is 0 Å². The maximum absolute atomic E-state index is 4.40. The molecule has 1 heterocycles. The molecule has 1 N–H and O–H groups in total. The zero-order chi connectivity index (χ0) is 11.3. The van der Waals surface area contributed by atoms with E-state index in [1.165, 1.54) is 0 Å². The van der Waals surface area contributed by atoms with Crippen LogP contribution in [0.1, 0.15) is 27.2 Å². The standard InChI is InChI=1S/C11H20BN3/c1-9(6-13-10-7-14-10)5-11(2,3)8-15-12-4/h6,8-10,14H,4-5,7H2,1-3H3. The zero-order valence-electron chi connectivity index (χ0n) is 9.90. The van der Waals surface area contributed by atoms with E-state index < -0.39 is 0 Å². The van der Waals surface area contributed by atoms with E-state index in [-0.39, 0.29) is 5.41 Å². The van der Waals surface area contributed by atoms with Crippen molar-refractivity contribution < 1.29 is 0 Å². The molecule has 3 nitrogen and oxygen atoms in total. The number of hydrogen-bond donors (Lipinski definition) is 1. The summed E-state index contributed by atoms with van der Waals surface area (Å²) in [6, 6.07) is 0. The Hall–Kier alpha value is -0.765. The van der Waals surface area contributed by atoms with Crippen LogP contribution in [-0.4, -0.2) is 38.7 Å². The number of nitrogens with zero attached hydrogens (tertiary/aromatic N) is 2. The van der Waals surface area contributed by atoms with Gasteiger partial charge in [-0.15, -0.1) is 0 Å². The van der Waals surface area contributed by atoms with Crippen molar-refractivity contribution in [3.05, 3.63) is 0 Å². The second kappa shape index (κ2) is 5.35. The van der Waals surface area contributed by atoms with E-state index in [9.17, 15) is 0 Å². The minimum atomic E-state index is 0.108. The van der Waals surface area contributed by atoms with Gasteiger partial charge < -0.3 is 0 Å². The SMILES string of the molecule is C=BN=CC(C)(C)CC(C)C=NC1CN1. The van der Waals surface area contributed by atoms with Crippen LogP contribution in [0.4, 0.5) is 0 Å². The van der Waals surface area contributed by atoms with Crippen LogP contribution in [0.5, 0.6) is 0 Å². The summed E-state index contributed by atoms with van der Waals surface area (Å²) in [4.78, 5) is 8.49. The van der Waals surface area contributed by atoms with Gasteiger partial charge in [0.25, 0.3) is 0 Å². The van der Waals surface area contributed by atoms with Gasteiger partial charge in [-0.25, -0.2) is 0 Å². The van der Waals surface area contributed by atoms with Gasteiger partial charge in [0, 0.05) is 0 Å². The van der Waals surface area contributed by atoms with Crippen molar-refractivity contribution >= 4 is 26.0 Å². The molecule has 15 heavy (non-hydrogen) atoms. The third kappa shape index (κ3) is 5.62. The van der Waals surface area contributed by atoms with Crippen molar-refractivity contribution in [2.45, 2.75) is 33.4 Å². The summed E-state index contributed by atoms with van der Waals surface area (Å²) < 4.78 is 0. The molecule has 0 radical (unpaired) electrons. The Bertz CT molecular complexity index is 267. The monoisotopic (exact) mass is 205 g/mol. The topological polar surface area (TPSA) is 46.7 Å². The normalized spacial score (nSPS) is 23.3. The molecule has 0 aromatic carbocycles. The van der Waals surface area contributed by atoms with Crippen molar-refractivity contribution in [2.75, 3.05) is 6.54 Å². The third-order valence-electron chi connectivity index (χ3n) is 2.28. The first kappa shape index (κ1) is 12.3. The second-order valence-corrected chi connectivity index (χ2v) is 4.85. The molecule has 2 atom stereocenters. The second-order valence-electron chi connectivity index (χ2n) is 4.85. The Morgan fingerprint density at radius 3 is 2.87 bits per heavy atom. The minimum absolute atomic E-state index is 0.108. The molecule has 0 bridgehead atoms. The Labute approximate surface area is 93.0 Å². The molecule has 2 unspecified atom stereocenters. The molecule has 82 valence electrons. The predicted molar refractivity (Wildman–Crippen MR) is 69.2 cm³/mol. The molecule has 4 heteroatoms. The number of nitrogens with one attached hydrogen (secondary N) is 1. The van der Waals surface area contributed by atoms with E-state index >= 15 is 0 Å². The first-order valence-electron chi connectivity index (χ1n) is 5.45. The predicted octanol–water partition coefficient (Wildman–Crippen LogP) is 1.16. The Balaban J connectivity index is 2.36. The van der Waals surface area contributed by atoms with Crippen molar-refractivity contribution in [3.8, 4) is 0 Å². The van der Waals surface area contributed by atoms with Crippen LogP contribution in [0.25, 0.3) is 0 Å². The van der Waals surface area contributed by atoms with Gasteiger partial charge in [-0.05, 0) is 0 Å². The van der Waals surface area contributed by atoms with E-state index in [0.29, 0.717) is 12.1 Å². The molecule has 1 saturated heterocycles. The van der Waals surface area contributed by atoms with Crippen LogP contribution in [-0.2, 0) is 0 Å². The first-order chi connectivity index (χ1) is 7.03. The van der Waals surface area contributed by atoms with E-state index in [1.807, 2.05) is 12.4 Å². The fraction of sp³-hybridized carbons (Fsp3) is 0.727. The van der Waals surface area contributed by atoms with Gasteiger partial charge in [0.05, 0.1) is 0 Å². The van der Waals surface area contributed by atoms with E-state index in [1.54, 1.807) is 7.06 Å². The maximum atomic E-state index is 4.40. The molecule has 0 amide bonds. The fourth-order valence-electron chi connectivity index (χ4n) is 1.60. The third-order valence-corrected chi connectivity index (χ3v) is 2.28. The molecule has 1 rings (SSSR count). The summed E-state index contributed by atoms with van der Waals surface area (Å²) in [6.07, 6.45) is 5.45. The van der Waals surface area contributed by atoms with E-state index in [0.717, 1.165) is 13.0 Å². The van der Waals surface area contributed by atoms with Crippen LogP contribution < -0.4 is 5.32 Å². The Kier molecular flexibility index (Phi) is 4.39. The quantitative estimate of drug-likeness (QED) is 0.394. The summed E-state index contributed by atoms with van der Waals surface area (Å²) >= 11 is 0. The molecular weight excluding hydrogens is 185 g/mol. The Morgan fingerprint density at radius 1 is 1.67 bits per heavy atom. The molecule has 1 aliphatic heterocycles. The summed E-state index contributed by atoms with van der Waals surface area (Å²) in [5.41, 5.74) is 0.108. The average Bonchev–Trinajstić information content (AvgIpc) is 2.94. The van der Waals surface area contributed by atoms with Gasteiger partial charge in [-0.1, -0.05) is 0 Å². The summed E-state index contributed by atoms with van der Waals surface area (Å²) in [5, 5.41) is 3.15. The van der Waals surface area contributed by atoms with Gasteiger partial charge in [0.2, 0.25) is 0 Å². The van der Waals surface area contributed by atoms with Crippen molar-refractivity contribution in [1.82, 2.24) is 5.32 Å². The van der Waals surface area contributed by atoms with Gasteiger partial charge in [0.1, 0.15) is 0 Å². The molecular formula is C11H20BN3. The summed E-state index contributed by atoms with van der Waals surface area (Å²) in [7, 11) is 1.58. The van der Waals surface area contributed by atoms with Crippen LogP contribution in [0.2, 0.25) is 0 Å². The molecule has 1 fully saturated rings. The molecule has 0 aliphatic carbocycles. The summed E-state index contributed by atoms with van der Waals surface area (Å²) in [6.45, 7) is 11.2. The fourth-order valence-corrected chi connectivity index (χ4v) is 1.60. The number of aliphatic imine (C=N–C) groups is 1. The average molecular weight is 205 g/mol. The van der Waals surface area contributed by atoms with E-state index in [4.69, 9.17) is 0 Å². The van der Waals surface area contributed by atoms with Crippen LogP contribution in [0, 0.1) is 11.3 Å². The van der Waals surface area contributed by atoms with Gasteiger partial charge in [-0.3, -0.25) is 0 Å². The van der Waals surface area contributed by atoms with E-state index in [2.05, 4.69) is 42.5 Å². The molecule has 0 saturated carbocycles. The molecule has 0 aromatic rings. The van der Waals surface area contributed by atoms with Gasteiger partial charge in [0.15, 0.2) is 0 Å². The first-order valence-corrected chi connectivity index (χ1v) is 5.45. The van der Waals surface area contributed by atoms with Gasteiger partial charge in [-0.2, -0.15) is 0 Å². The number of rotatable bonds is 6. The molecule has 0 aromatic heterocycles. The zero-order valence-corrected chi connectivity index (χ0v) is 9.90. The van der Waals surface area contributed by atoms with Crippen molar-refractivity contribution in [2.24, 2.45) is 21.2 Å². The van der Waals surface area contributed by atoms with Crippen LogP contribution in [0.15, 0.2) is 9.90 Å². The number of hydrogen-bond acceptors (Lipinski definition) is 3. The van der Waals surface area contributed by atoms with Crippen LogP contribution in [0.3, 0.4) is 0 Å². The van der Waals surface area contributed by atoms with Gasteiger partial charge >= 0.3 is 92.4 Å². The Morgan fingerprint density at radius 2 is 2.33 bits per heavy atom. The molecule has 1 aliphatic rings. The van der Waals surface area contributed by atoms with Crippen molar-refractivity contribution in [3.63, 3.8) is 0 Å². The van der Waals surface area contributed by atoms with Crippen molar-refractivity contribution in [1.29, 1.82) is 0 Å².